The van der Waals surface area contributed by atoms with Crippen LogP contribution in [0.15, 0.2) is 59.3 Å². The number of piperidine rings is 1. The zero-order valence-electron chi connectivity index (χ0n) is 22.2. The van der Waals surface area contributed by atoms with E-state index in [2.05, 4.69) is 31.6 Å². The van der Waals surface area contributed by atoms with Gasteiger partial charge in [0.25, 0.3) is 0 Å². The van der Waals surface area contributed by atoms with Crippen molar-refractivity contribution in [2.75, 3.05) is 19.6 Å². The summed E-state index contributed by atoms with van der Waals surface area (Å²) in [6.45, 7) is 4.34. The molecule has 2 aromatic heterocycles. The molecule has 1 aliphatic rings. The maximum atomic E-state index is 15.0. The second-order valence-corrected chi connectivity index (χ2v) is 9.63. The number of hydrogen-bond acceptors (Lipinski definition) is 9. The lowest BCUT2D eigenvalue weighted by Gasteiger charge is -2.32. The monoisotopic (exact) mass is 547 g/mol. The number of ether oxygens (including phenoxy) is 1. The van der Waals surface area contributed by atoms with E-state index in [1.165, 1.54) is 18.0 Å². The first-order valence-electron chi connectivity index (χ1n) is 13.4. The van der Waals surface area contributed by atoms with E-state index in [1.807, 2.05) is 24.3 Å². The zero-order chi connectivity index (χ0) is 27.9. The Morgan fingerprint density at radius 2 is 2.00 bits per heavy atom. The molecular formula is C30H30FN3O6. The van der Waals surface area contributed by atoms with Crippen molar-refractivity contribution in [3.05, 3.63) is 66.2 Å². The lowest BCUT2D eigenvalue weighted by molar-refractivity contribution is -0.248. The summed E-state index contributed by atoms with van der Waals surface area (Å²) in [6.07, 6.45) is 4.57. The van der Waals surface area contributed by atoms with Crippen LogP contribution in [0.1, 0.15) is 38.2 Å². The Labute approximate surface area is 230 Å². The number of hydrogen-bond donors (Lipinski definition) is 0. The number of benzene rings is 2. The van der Waals surface area contributed by atoms with Gasteiger partial charge in [-0.25, -0.2) is 24.0 Å². The topological polar surface area (TPSA) is 104 Å². The number of aryl methyl sites for hydroxylation is 1. The number of carbonyl (C=O) groups is 2. The molecular weight excluding hydrogens is 517 g/mol. The van der Waals surface area contributed by atoms with Gasteiger partial charge in [0.05, 0.1) is 12.0 Å². The van der Waals surface area contributed by atoms with Crippen molar-refractivity contribution in [2.45, 2.75) is 45.1 Å². The molecule has 2 aromatic carbocycles. The maximum Gasteiger partial charge on any atom is 0.355 e. The van der Waals surface area contributed by atoms with E-state index in [0.29, 0.717) is 53.4 Å². The molecule has 1 atom stereocenters. The summed E-state index contributed by atoms with van der Waals surface area (Å²) >= 11 is 0. The Balaban J connectivity index is 1.43. The number of fused-ring (bicyclic) bond motifs is 1. The van der Waals surface area contributed by atoms with Crippen LogP contribution in [-0.2, 0) is 25.8 Å². The highest BCUT2D eigenvalue weighted by molar-refractivity contribution is 6.03. The normalized spacial score (nSPS) is 15.6. The van der Waals surface area contributed by atoms with E-state index < -0.39 is 11.8 Å². The highest BCUT2D eigenvalue weighted by Gasteiger charge is 2.27. The van der Waals surface area contributed by atoms with Crippen molar-refractivity contribution in [1.82, 2.24) is 14.9 Å². The molecule has 40 heavy (non-hydrogen) atoms. The van der Waals surface area contributed by atoms with Crippen molar-refractivity contribution in [1.29, 1.82) is 0 Å². The van der Waals surface area contributed by atoms with E-state index >= 15 is 0 Å². The minimum absolute atomic E-state index is 0.0690. The second-order valence-electron chi connectivity index (χ2n) is 9.63. The van der Waals surface area contributed by atoms with Crippen LogP contribution in [0.2, 0.25) is 0 Å². The largest absolute Gasteiger partial charge is 0.472 e. The molecule has 208 valence electrons. The van der Waals surface area contributed by atoms with Gasteiger partial charge in [0, 0.05) is 12.1 Å². The van der Waals surface area contributed by atoms with Gasteiger partial charge >= 0.3 is 12.4 Å². The van der Waals surface area contributed by atoms with Crippen molar-refractivity contribution in [3.63, 3.8) is 0 Å². The molecule has 0 bridgehead atoms. The molecule has 1 aliphatic heterocycles. The van der Waals surface area contributed by atoms with Gasteiger partial charge in [0.1, 0.15) is 29.4 Å². The minimum atomic E-state index is -0.592. The third kappa shape index (κ3) is 6.12. The number of rotatable bonds is 11. The molecule has 1 fully saturated rings. The van der Waals surface area contributed by atoms with E-state index in [0.717, 1.165) is 31.4 Å². The summed E-state index contributed by atoms with van der Waals surface area (Å²) in [5.74, 6) is -0.232. The van der Waals surface area contributed by atoms with Crippen LogP contribution in [0.5, 0.6) is 5.88 Å². The van der Waals surface area contributed by atoms with E-state index in [9.17, 15) is 14.0 Å². The van der Waals surface area contributed by atoms with Gasteiger partial charge in [-0.1, -0.05) is 43.3 Å². The van der Waals surface area contributed by atoms with Gasteiger partial charge < -0.3 is 9.15 Å². The Morgan fingerprint density at radius 1 is 1.18 bits per heavy atom. The van der Waals surface area contributed by atoms with Crippen LogP contribution >= 0.6 is 0 Å². The number of aromatic nitrogens is 2. The fourth-order valence-corrected chi connectivity index (χ4v) is 5.05. The zero-order valence-corrected chi connectivity index (χ0v) is 22.2. The Bertz CT molecular complexity index is 1470. The van der Waals surface area contributed by atoms with Crippen LogP contribution in [0.3, 0.4) is 0 Å². The first kappa shape index (κ1) is 27.3. The Hall–Kier alpha value is -4.31. The highest BCUT2D eigenvalue weighted by atomic mass is 19.1. The Morgan fingerprint density at radius 3 is 2.77 bits per heavy atom. The van der Waals surface area contributed by atoms with Gasteiger partial charge in [0.2, 0.25) is 11.6 Å². The van der Waals surface area contributed by atoms with Crippen molar-refractivity contribution in [2.24, 2.45) is 0 Å². The predicted molar refractivity (Wildman–Crippen MR) is 145 cm³/mol. The SMILES string of the molecule is CCc1ccc(-c2c(-c3ccccc3F)oc3ncnc(O[C@@H]4CCCN(CCCC(=O)OOC=O)C4)c23)cc1. The number of likely N-dealkylation sites (tertiary alicyclic amines) is 1. The fraction of sp³-hybridized carbons (Fsp3) is 0.333. The summed E-state index contributed by atoms with van der Waals surface area (Å²) < 4.78 is 27.6. The van der Waals surface area contributed by atoms with Crippen LogP contribution < -0.4 is 4.74 Å². The first-order chi connectivity index (χ1) is 19.6. The summed E-state index contributed by atoms with van der Waals surface area (Å²) in [5, 5.41) is 0.597. The molecule has 0 N–H and O–H groups in total. The maximum absolute atomic E-state index is 15.0. The van der Waals surface area contributed by atoms with Crippen LogP contribution in [-0.4, -0.2) is 53.0 Å². The van der Waals surface area contributed by atoms with Crippen molar-refractivity contribution in [3.8, 4) is 28.3 Å². The first-order valence-corrected chi connectivity index (χ1v) is 13.4. The molecule has 0 spiro atoms. The number of nitrogens with zero attached hydrogens (tertiary/aromatic N) is 3. The van der Waals surface area contributed by atoms with Crippen molar-refractivity contribution >= 4 is 23.5 Å². The van der Waals surface area contributed by atoms with Gasteiger partial charge in [-0.05, 0) is 62.0 Å². The predicted octanol–water partition coefficient (Wildman–Crippen LogP) is 5.51. The fourth-order valence-electron chi connectivity index (χ4n) is 5.05. The summed E-state index contributed by atoms with van der Waals surface area (Å²) in [6, 6.07) is 14.6. The third-order valence-electron chi connectivity index (χ3n) is 7.00. The van der Waals surface area contributed by atoms with E-state index in [1.54, 1.807) is 18.2 Å². The molecule has 0 aliphatic carbocycles. The summed E-state index contributed by atoms with van der Waals surface area (Å²) in [5.41, 5.74) is 3.37. The molecule has 5 rings (SSSR count). The molecule has 10 heteroatoms. The van der Waals surface area contributed by atoms with Crippen LogP contribution in [0.25, 0.3) is 33.6 Å². The minimum Gasteiger partial charge on any atom is -0.472 e. The standard InChI is InChI=1S/C30H30FN3O6/c1-2-20-11-13-21(14-12-20)26-27-29(32-18-33-30(27)39-28(26)23-8-3-4-9-24(23)31)38-22-7-5-15-34(17-22)16-6-10-25(36)40-37-19-35/h3-4,8-9,11-14,18-19,22H,2,5-7,10,15-17H2,1H3/t22-/m1/s1. The molecule has 0 saturated carbocycles. The van der Waals surface area contributed by atoms with Crippen molar-refractivity contribution < 1.29 is 32.9 Å². The molecule has 9 nitrogen and oxygen atoms in total. The second kappa shape index (κ2) is 12.7. The van der Waals surface area contributed by atoms with Gasteiger partial charge in [-0.3, -0.25) is 14.6 Å². The van der Waals surface area contributed by atoms with Gasteiger partial charge in [-0.2, -0.15) is 0 Å². The van der Waals surface area contributed by atoms with Crippen LogP contribution in [0.4, 0.5) is 4.39 Å². The smallest absolute Gasteiger partial charge is 0.355 e. The number of furan rings is 1. The number of carbonyl (C=O) groups excluding carboxylic acids is 2. The van der Waals surface area contributed by atoms with E-state index in [-0.39, 0.29) is 19.0 Å². The molecule has 1 saturated heterocycles. The summed E-state index contributed by atoms with van der Waals surface area (Å²) in [7, 11) is 0. The molecule has 0 amide bonds. The average Bonchev–Trinajstić information content (AvgIpc) is 3.37. The molecule has 0 radical (unpaired) electrons. The Kier molecular flexibility index (Phi) is 8.65. The van der Waals surface area contributed by atoms with Gasteiger partial charge in [-0.15, -0.1) is 0 Å². The highest BCUT2D eigenvalue weighted by Crippen LogP contribution is 2.44. The lowest BCUT2D eigenvalue weighted by atomic mass is 9.98. The molecule has 0 unspecified atom stereocenters. The summed E-state index contributed by atoms with van der Waals surface area (Å²) in [4.78, 5) is 41.2. The van der Waals surface area contributed by atoms with E-state index in [4.69, 9.17) is 9.15 Å². The van der Waals surface area contributed by atoms with Gasteiger partial charge in [0.15, 0.2) is 0 Å². The number of halogens is 1. The molecule has 3 heterocycles. The average molecular weight is 548 g/mol. The van der Waals surface area contributed by atoms with Crippen LogP contribution in [0, 0.1) is 5.82 Å². The third-order valence-corrected chi connectivity index (χ3v) is 7.00. The quantitative estimate of drug-likeness (QED) is 0.136. The molecule has 4 aromatic rings. The lowest BCUT2D eigenvalue weighted by Crippen LogP contribution is -2.41.